The van der Waals surface area contributed by atoms with Gasteiger partial charge in [0.05, 0.1) is 32.0 Å². The summed E-state index contributed by atoms with van der Waals surface area (Å²) in [6.45, 7) is 9.06. The first-order chi connectivity index (χ1) is 36.4. The molecule has 0 aromatic rings. The molecule has 0 amide bonds. The average molecular weight is 1110 g/mol. The van der Waals surface area contributed by atoms with E-state index in [1.165, 1.54) is 0 Å². The van der Waals surface area contributed by atoms with Crippen molar-refractivity contribution >= 4 is 5.97 Å². The minimum Gasteiger partial charge on any atom is -0.463 e. The molecule has 442 valence electrons. The Morgan fingerprint density at radius 1 is 0.675 bits per heavy atom. The zero-order valence-corrected chi connectivity index (χ0v) is 44.6. The van der Waals surface area contributed by atoms with Gasteiger partial charge in [0.2, 0.25) is 0 Å². The van der Waals surface area contributed by atoms with E-state index in [1.54, 1.807) is 0 Å². The third-order valence-corrected chi connectivity index (χ3v) is 19.0. The summed E-state index contributed by atoms with van der Waals surface area (Å²) in [5.74, 6) is 0.0872. The van der Waals surface area contributed by atoms with Crippen molar-refractivity contribution in [1.82, 2.24) is 0 Å². The number of hydrogen-bond donors (Lipinski definition) is 14. The number of aliphatic hydroxyl groups excluding tert-OH is 14. The molecule has 0 bridgehead atoms. The summed E-state index contributed by atoms with van der Waals surface area (Å²) in [5, 5.41) is 154. The van der Waals surface area contributed by atoms with Crippen molar-refractivity contribution in [2.24, 2.45) is 52.3 Å². The van der Waals surface area contributed by atoms with Gasteiger partial charge in [-0.1, -0.05) is 52.8 Å². The molecule has 0 spiro atoms. The number of carbonyl (C=O) groups excluding carboxylic acids is 1. The van der Waals surface area contributed by atoms with Gasteiger partial charge in [-0.25, -0.2) is 0 Å². The van der Waals surface area contributed by atoms with Crippen LogP contribution in [-0.2, 0) is 47.4 Å². The minimum atomic E-state index is -2.03. The van der Waals surface area contributed by atoms with Crippen LogP contribution in [0, 0.1) is 52.3 Å². The van der Waals surface area contributed by atoms with Crippen LogP contribution in [0.15, 0.2) is 23.8 Å². The first kappa shape index (κ1) is 61.1. The van der Waals surface area contributed by atoms with E-state index in [9.17, 15) is 76.3 Å². The molecule has 0 aromatic carbocycles. The fourth-order valence-electron chi connectivity index (χ4n) is 14.2. The summed E-state index contributed by atoms with van der Waals surface area (Å²) in [4.78, 5) is 12.4. The molecule has 4 aliphatic carbocycles. The Morgan fingerprint density at radius 3 is 1.83 bits per heavy atom. The molecule has 3 saturated carbocycles. The molecular weight excluding hydrogens is 1020 g/mol. The molecule has 24 heteroatoms. The van der Waals surface area contributed by atoms with E-state index < -0.39 is 173 Å². The lowest BCUT2D eigenvalue weighted by Gasteiger charge is -2.59. The maximum atomic E-state index is 12.4. The van der Waals surface area contributed by atoms with Gasteiger partial charge in [-0.15, -0.1) is 0 Å². The largest absolute Gasteiger partial charge is 0.463 e. The Balaban J connectivity index is 1.05. The smallest absolute Gasteiger partial charge is 0.302 e. The van der Waals surface area contributed by atoms with Crippen LogP contribution in [-0.4, -0.2) is 246 Å². The molecule has 7 fully saturated rings. The fourth-order valence-corrected chi connectivity index (χ4v) is 14.2. The monoisotopic (exact) mass is 1110 g/mol. The van der Waals surface area contributed by atoms with Gasteiger partial charge in [-0.3, -0.25) is 4.79 Å². The minimum absolute atomic E-state index is 0.0163. The Hall–Kier alpha value is -1.93. The van der Waals surface area contributed by atoms with E-state index in [1.807, 2.05) is 6.08 Å². The predicted octanol–water partition coefficient (Wildman–Crippen LogP) is -3.17. The lowest BCUT2D eigenvalue weighted by molar-refractivity contribution is -0.392. The first-order valence-corrected chi connectivity index (χ1v) is 27.4. The quantitative estimate of drug-likeness (QED) is 0.0505. The van der Waals surface area contributed by atoms with Crippen molar-refractivity contribution in [3.63, 3.8) is 0 Å². The van der Waals surface area contributed by atoms with Crippen LogP contribution in [0.4, 0.5) is 0 Å². The van der Waals surface area contributed by atoms with Crippen molar-refractivity contribution in [1.29, 1.82) is 0 Å². The lowest BCUT2D eigenvalue weighted by atomic mass is 9.46. The van der Waals surface area contributed by atoms with Gasteiger partial charge < -0.3 is 114 Å². The number of hydrogen-bond acceptors (Lipinski definition) is 24. The zero-order chi connectivity index (χ0) is 56.2. The molecule has 30 atom stereocenters. The van der Waals surface area contributed by atoms with Crippen LogP contribution in [0.1, 0.15) is 80.1 Å². The van der Waals surface area contributed by atoms with Crippen molar-refractivity contribution in [2.75, 3.05) is 33.0 Å². The summed E-state index contributed by atoms with van der Waals surface area (Å²) in [7, 11) is 0. The second kappa shape index (κ2) is 24.9. The van der Waals surface area contributed by atoms with E-state index in [2.05, 4.69) is 46.8 Å². The highest BCUT2D eigenvalue weighted by Crippen LogP contribution is 2.67. The molecular formula is C53H86O24. The van der Waals surface area contributed by atoms with E-state index in [4.69, 9.17) is 42.6 Å². The number of fused-ring (bicyclic) bond motifs is 5. The second-order valence-corrected chi connectivity index (χ2v) is 23.8. The molecule has 4 heterocycles. The average Bonchev–Trinajstić information content (AvgIpc) is 3.76. The van der Waals surface area contributed by atoms with E-state index in [0.29, 0.717) is 31.1 Å². The van der Waals surface area contributed by atoms with Gasteiger partial charge in [0.15, 0.2) is 25.2 Å². The molecule has 8 aliphatic rings. The topological polar surface area (TPSA) is 383 Å². The molecule has 0 radical (unpaired) electrons. The third-order valence-electron chi connectivity index (χ3n) is 19.0. The Morgan fingerprint density at radius 2 is 1.25 bits per heavy atom. The van der Waals surface area contributed by atoms with Crippen LogP contribution in [0.25, 0.3) is 0 Å². The van der Waals surface area contributed by atoms with Crippen LogP contribution in [0.3, 0.4) is 0 Å². The highest BCUT2D eigenvalue weighted by molar-refractivity contribution is 5.65. The number of aliphatic hydroxyl groups is 14. The van der Waals surface area contributed by atoms with Crippen LogP contribution in [0.5, 0.6) is 0 Å². The highest BCUT2D eigenvalue weighted by Gasteiger charge is 2.64. The fraction of sp³-hybridized carbons (Fsp3) is 0.906. The molecule has 14 N–H and O–H groups in total. The second-order valence-electron chi connectivity index (χ2n) is 23.8. The molecule has 8 rings (SSSR count). The van der Waals surface area contributed by atoms with E-state index in [-0.39, 0.29) is 48.0 Å². The summed E-state index contributed by atoms with van der Waals surface area (Å²) in [6.07, 6.45) is -26.9. The lowest BCUT2D eigenvalue weighted by Crippen LogP contribution is -2.67. The van der Waals surface area contributed by atoms with E-state index in [0.717, 1.165) is 25.3 Å². The molecule has 4 saturated heterocycles. The van der Waals surface area contributed by atoms with Gasteiger partial charge in [-0.2, -0.15) is 0 Å². The Bertz CT molecular complexity index is 2010. The SMILES string of the molecule is CC(=O)OC[C@H]1O[C@@H](O[C@H]2CC[C@@]3(C)C(=CC[C@H]4[C@@H]5[C@@H](O)C[C@H]([C@H](/C=C/[C@@H](C)C(C)C)CO)[C@@]5(C)CC[C@@H]43)[C@H]2O)[C@H](O)[C@@H](O[C@@H]2OC[C@@H](O)[C@@H](O[C@@H]3O[C@H](CO)[C@H](O)[C@H](O)[C@H]3O)[C@@H]2O)[C@@H]1O[C@@H]1O[C@H](CO)[C@H](O)[C@H](O)[C@H]1O. The van der Waals surface area contributed by atoms with Crippen LogP contribution < -0.4 is 0 Å². The summed E-state index contributed by atoms with van der Waals surface area (Å²) in [6, 6.07) is 0. The summed E-state index contributed by atoms with van der Waals surface area (Å²) < 4.78 is 53.2. The van der Waals surface area contributed by atoms with Crippen molar-refractivity contribution in [3.8, 4) is 0 Å². The number of rotatable bonds is 17. The Kier molecular flexibility index (Phi) is 19.8. The number of carbonyl (C=O) groups is 1. The van der Waals surface area contributed by atoms with Crippen molar-refractivity contribution in [3.05, 3.63) is 23.8 Å². The predicted molar refractivity (Wildman–Crippen MR) is 262 cm³/mol. The Labute approximate surface area is 448 Å². The maximum absolute atomic E-state index is 12.4. The van der Waals surface area contributed by atoms with Gasteiger partial charge in [0, 0.05) is 19.4 Å². The summed E-state index contributed by atoms with van der Waals surface area (Å²) in [5.41, 5.74) is -0.0171. The van der Waals surface area contributed by atoms with Gasteiger partial charge in [-0.05, 0) is 90.4 Å². The standard InChI is InChI=1S/C53H86O24/c1-21(2)22(3)7-8-24(16-54)28-15-29(58)35-25-9-10-27-36(60)31(12-14-52(27,5)26(25)11-13-53(28,35)6)71-51-44(68)47(46(34(74-51)20-69-23(4)57)76-50-42(66)40(64)38(62)33(18-56)73-50)77-48-43(67)45(30(59)19-70-48)75-49-41(65)39(63)37(61)32(17-55)72-49/h7-8,10,21-22,24-26,28-51,54-56,58-68H,9,11-20H2,1-6H3/b8-7+/t22-,24-,25-,26+,28-,29+,30-,31+,32-,33-,34-,35-,36-,37+,38+,39+,40+,41-,42-,43+,44-,45-,46-,47-,48+,49+,50+,51-,52-,53-/m1/s1. The number of allylic oxidation sites excluding steroid dienone is 2. The van der Waals surface area contributed by atoms with Crippen LogP contribution in [0.2, 0.25) is 0 Å². The molecule has 24 nitrogen and oxygen atoms in total. The maximum Gasteiger partial charge on any atom is 0.302 e. The zero-order valence-electron chi connectivity index (χ0n) is 44.6. The highest BCUT2D eigenvalue weighted by atomic mass is 16.8. The first-order valence-electron chi connectivity index (χ1n) is 27.4. The van der Waals surface area contributed by atoms with Crippen molar-refractivity contribution in [2.45, 2.75) is 215 Å². The van der Waals surface area contributed by atoms with Gasteiger partial charge in [0.25, 0.3) is 0 Å². The molecule has 77 heavy (non-hydrogen) atoms. The van der Waals surface area contributed by atoms with E-state index >= 15 is 0 Å². The number of ether oxygens (including phenoxy) is 9. The van der Waals surface area contributed by atoms with Gasteiger partial charge >= 0.3 is 5.97 Å². The van der Waals surface area contributed by atoms with Crippen molar-refractivity contribution < 1.29 is 119 Å². The molecule has 4 aliphatic heterocycles. The third kappa shape index (κ3) is 11.9. The molecule has 0 aromatic heterocycles. The number of esters is 1. The van der Waals surface area contributed by atoms with Crippen LogP contribution >= 0.6 is 0 Å². The normalized spacial score (nSPS) is 50.1. The summed E-state index contributed by atoms with van der Waals surface area (Å²) >= 11 is 0. The van der Waals surface area contributed by atoms with Gasteiger partial charge in [0.1, 0.15) is 104 Å². The molecule has 0 unspecified atom stereocenters.